The van der Waals surface area contributed by atoms with Gasteiger partial charge in [-0.3, -0.25) is 9.78 Å². The monoisotopic (exact) mass is 281 g/mol. The first kappa shape index (κ1) is 13.6. The minimum absolute atomic E-state index is 0.0337. The highest BCUT2D eigenvalue weighted by molar-refractivity contribution is 5.93. The molecule has 21 heavy (non-hydrogen) atoms. The fourth-order valence-electron chi connectivity index (χ4n) is 2.57. The topological polar surface area (TPSA) is 45.2 Å². The molecule has 0 radical (unpaired) electrons. The van der Waals surface area contributed by atoms with Crippen molar-refractivity contribution in [1.82, 2.24) is 9.88 Å². The maximum atomic E-state index is 12.4. The zero-order valence-corrected chi connectivity index (χ0v) is 12.0. The Balaban J connectivity index is 1.75. The van der Waals surface area contributed by atoms with E-state index < -0.39 is 0 Å². The van der Waals surface area contributed by atoms with Crippen molar-refractivity contribution in [2.45, 2.75) is 19.3 Å². The van der Waals surface area contributed by atoms with Crippen LogP contribution in [0.2, 0.25) is 0 Å². The molecule has 1 fully saturated rings. The van der Waals surface area contributed by atoms with Gasteiger partial charge in [0.05, 0.1) is 0 Å². The van der Waals surface area contributed by atoms with Crippen molar-refractivity contribution in [3.05, 3.63) is 54.4 Å². The lowest BCUT2D eigenvalue weighted by Crippen LogP contribution is -2.36. The zero-order valence-electron chi connectivity index (χ0n) is 12.0. The maximum absolute atomic E-state index is 12.4. The summed E-state index contributed by atoms with van der Waals surface area (Å²) in [5.74, 6) is 0.0337. The number of rotatable bonds is 3. The second-order valence-electron chi connectivity index (χ2n) is 5.27. The van der Waals surface area contributed by atoms with Crippen LogP contribution in [0.3, 0.4) is 0 Å². The first-order chi connectivity index (χ1) is 10.3. The van der Waals surface area contributed by atoms with E-state index in [2.05, 4.69) is 10.3 Å². The lowest BCUT2D eigenvalue weighted by atomic mass is 10.1. The van der Waals surface area contributed by atoms with Gasteiger partial charge in [-0.05, 0) is 43.5 Å². The Labute approximate surface area is 124 Å². The van der Waals surface area contributed by atoms with Crippen LogP contribution in [0.4, 0.5) is 11.4 Å². The molecule has 2 heterocycles. The summed E-state index contributed by atoms with van der Waals surface area (Å²) >= 11 is 0. The van der Waals surface area contributed by atoms with Crippen LogP contribution in [-0.2, 0) is 0 Å². The Kier molecular flexibility index (Phi) is 4.15. The van der Waals surface area contributed by atoms with E-state index >= 15 is 0 Å². The number of benzene rings is 1. The number of amides is 1. The van der Waals surface area contributed by atoms with E-state index in [-0.39, 0.29) is 5.91 Å². The summed E-state index contributed by atoms with van der Waals surface area (Å²) in [5, 5.41) is 3.29. The predicted octanol–water partition coefficient (Wildman–Crippen LogP) is 3.45. The summed E-state index contributed by atoms with van der Waals surface area (Å²) < 4.78 is 0. The number of pyridine rings is 1. The van der Waals surface area contributed by atoms with Gasteiger partial charge in [-0.25, -0.2) is 0 Å². The minimum atomic E-state index is 0.0337. The Morgan fingerprint density at radius 2 is 1.76 bits per heavy atom. The van der Waals surface area contributed by atoms with Gasteiger partial charge in [0.15, 0.2) is 0 Å². The van der Waals surface area contributed by atoms with Crippen molar-refractivity contribution in [2.75, 3.05) is 18.4 Å². The minimum Gasteiger partial charge on any atom is -0.355 e. The number of hydrogen-bond donors (Lipinski definition) is 1. The highest BCUT2D eigenvalue weighted by atomic mass is 16.2. The first-order valence-corrected chi connectivity index (χ1v) is 7.40. The van der Waals surface area contributed by atoms with Gasteiger partial charge in [-0.15, -0.1) is 0 Å². The van der Waals surface area contributed by atoms with Crippen LogP contribution in [0.25, 0.3) is 0 Å². The number of nitrogens with zero attached hydrogens (tertiary/aromatic N) is 2. The van der Waals surface area contributed by atoms with Crippen LogP contribution < -0.4 is 5.32 Å². The molecule has 0 bridgehead atoms. The van der Waals surface area contributed by atoms with Crippen LogP contribution in [0, 0.1) is 0 Å². The van der Waals surface area contributed by atoms with Crippen LogP contribution in [0.1, 0.15) is 29.8 Å². The van der Waals surface area contributed by atoms with E-state index in [0.717, 1.165) is 37.3 Å². The van der Waals surface area contributed by atoms with E-state index in [0.29, 0.717) is 5.69 Å². The number of carbonyl (C=O) groups is 1. The highest BCUT2D eigenvalue weighted by Crippen LogP contribution is 2.18. The molecule has 1 aliphatic heterocycles. The molecule has 0 aliphatic carbocycles. The predicted molar refractivity (Wildman–Crippen MR) is 83.7 cm³/mol. The summed E-state index contributed by atoms with van der Waals surface area (Å²) in [7, 11) is 0. The van der Waals surface area contributed by atoms with Crippen molar-refractivity contribution in [3.63, 3.8) is 0 Å². The number of hydrogen-bond acceptors (Lipinski definition) is 3. The Morgan fingerprint density at radius 3 is 2.52 bits per heavy atom. The van der Waals surface area contributed by atoms with Gasteiger partial charge in [-0.1, -0.05) is 18.2 Å². The van der Waals surface area contributed by atoms with Gasteiger partial charge in [0.2, 0.25) is 0 Å². The zero-order chi connectivity index (χ0) is 14.5. The third kappa shape index (κ3) is 3.40. The molecular formula is C17H19N3O. The molecule has 0 spiro atoms. The molecule has 3 rings (SSSR count). The van der Waals surface area contributed by atoms with Crippen LogP contribution >= 0.6 is 0 Å². The van der Waals surface area contributed by atoms with Crippen molar-refractivity contribution in [2.24, 2.45) is 0 Å². The summed E-state index contributed by atoms with van der Waals surface area (Å²) in [6.45, 7) is 1.69. The third-order valence-corrected chi connectivity index (χ3v) is 3.68. The van der Waals surface area contributed by atoms with Crippen LogP contribution in [0.15, 0.2) is 48.7 Å². The van der Waals surface area contributed by atoms with Gasteiger partial charge < -0.3 is 10.2 Å². The lowest BCUT2D eigenvalue weighted by molar-refractivity contribution is 0.0718. The van der Waals surface area contributed by atoms with Crippen molar-refractivity contribution >= 4 is 17.3 Å². The van der Waals surface area contributed by atoms with E-state index in [4.69, 9.17) is 0 Å². The maximum Gasteiger partial charge on any atom is 0.272 e. The summed E-state index contributed by atoms with van der Waals surface area (Å²) in [4.78, 5) is 18.6. The third-order valence-electron chi connectivity index (χ3n) is 3.68. The molecule has 0 saturated carbocycles. The molecule has 0 atom stereocenters. The Morgan fingerprint density at radius 1 is 1.00 bits per heavy atom. The summed E-state index contributed by atoms with van der Waals surface area (Å²) in [5.41, 5.74) is 2.40. The van der Waals surface area contributed by atoms with Gasteiger partial charge >= 0.3 is 0 Å². The van der Waals surface area contributed by atoms with E-state index in [9.17, 15) is 4.79 Å². The van der Waals surface area contributed by atoms with Crippen molar-refractivity contribution < 1.29 is 4.79 Å². The standard InChI is InChI=1S/C17H19N3O/c21-17(20-11-5-2-6-12-20)16-13-15(9-10-18-16)19-14-7-3-1-4-8-14/h1,3-4,7-10,13H,2,5-6,11-12H2,(H,18,19). The van der Waals surface area contributed by atoms with E-state index in [1.165, 1.54) is 6.42 Å². The highest BCUT2D eigenvalue weighted by Gasteiger charge is 2.19. The fourth-order valence-corrected chi connectivity index (χ4v) is 2.57. The van der Waals surface area contributed by atoms with E-state index in [1.54, 1.807) is 6.20 Å². The van der Waals surface area contributed by atoms with Crippen molar-refractivity contribution in [3.8, 4) is 0 Å². The van der Waals surface area contributed by atoms with Crippen molar-refractivity contribution in [1.29, 1.82) is 0 Å². The molecule has 1 aromatic heterocycles. The normalized spacial score (nSPS) is 14.8. The quantitative estimate of drug-likeness (QED) is 0.937. The fraction of sp³-hybridized carbons (Fsp3) is 0.294. The Bertz CT molecular complexity index is 606. The smallest absolute Gasteiger partial charge is 0.272 e. The molecule has 1 amide bonds. The summed E-state index contributed by atoms with van der Waals surface area (Å²) in [6.07, 6.45) is 5.08. The molecule has 1 N–H and O–H groups in total. The molecule has 108 valence electrons. The number of anilines is 2. The van der Waals surface area contributed by atoms with E-state index in [1.807, 2.05) is 47.4 Å². The number of carbonyl (C=O) groups excluding carboxylic acids is 1. The van der Waals surface area contributed by atoms with Crippen LogP contribution in [-0.4, -0.2) is 28.9 Å². The number of piperidine rings is 1. The average Bonchev–Trinajstić information content (AvgIpc) is 2.56. The molecular weight excluding hydrogens is 262 g/mol. The molecule has 2 aromatic rings. The number of nitrogens with one attached hydrogen (secondary N) is 1. The van der Waals surface area contributed by atoms with Crippen LogP contribution in [0.5, 0.6) is 0 Å². The number of para-hydroxylation sites is 1. The first-order valence-electron chi connectivity index (χ1n) is 7.40. The van der Waals surface area contributed by atoms with Gasteiger partial charge in [0, 0.05) is 30.7 Å². The lowest BCUT2D eigenvalue weighted by Gasteiger charge is -2.26. The molecule has 4 nitrogen and oxygen atoms in total. The largest absolute Gasteiger partial charge is 0.355 e. The number of aromatic nitrogens is 1. The molecule has 1 aromatic carbocycles. The number of likely N-dealkylation sites (tertiary alicyclic amines) is 1. The average molecular weight is 281 g/mol. The Hall–Kier alpha value is -2.36. The molecule has 4 heteroatoms. The second-order valence-corrected chi connectivity index (χ2v) is 5.27. The SMILES string of the molecule is O=C(c1cc(Nc2ccccc2)ccn1)N1CCCCC1. The second kappa shape index (κ2) is 6.39. The summed E-state index contributed by atoms with van der Waals surface area (Å²) in [6, 6.07) is 13.6. The molecule has 1 aliphatic rings. The molecule has 0 unspecified atom stereocenters. The van der Waals surface area contributed by atoms with Gasteiger partial charge in [0.25, 0.3) is 5.91 Å². The van der Waals surface area contributed by atoms with Gasteiger partial charge in [0.1, 0.15) is 5.69 Å². The van der Waals surface area contributed by atoms with Gasteiger partial charge in [-0.2, -0.15) is 0 Å². The molecule has 1 saturated heterocycles.